The van der Waals surface area contributed by atoms with Crippen molar-refractivity contribution in [2.75, 3.05) is 37.2 Å². The number of carbonyl (C=O) groups excluding carboxylic acids is 1. The van der Waals surface area contributed by atoms with Gasteiger partial charge in [0, 0.05) is 50.5 Å². The van der Waals surface area contributed by atoms with Gasteiger partial charge in [-0.1, -0.05) is 12.1 Å². The largest absolute Gasteiger partial charge is 0.334 e. The predicted molar refractivity (Wildman–Crippen MR) is 121 cm³/mol. The lowest BCUT2D eigenvalue weighted by atomic mass is 10.2. The van der Waals surface area contributed by atoms with E-state index in [1.807, 2.05) is 0 Å². The molecule has 0 saturated carbocycles. The first kappa shape index (κ1) is 24.4. The van der Waals surface area contributed by atoms with Gasteiger partial charge < -0.3 is 10.2 Å². The summed E-state index contributed by atoms with van der Waals surface area (Å²) in [5.41, 5.74) is 0.874. The van der Waals surface area contributed by atoms with E-state index < -0.39 is 25.0 Å². The van der Waals surface area contributed by atoms with Gasteiger partial charge in [-0.25, -0.2) is 21.6 Å². The number of rotatable bonds is 7. The summed E-state index contributed by atoms with van der Waals surface area (Å²) in [6.07, 6.45) is 1.04. The molecule has 1 heterocycles. The summed E-state index contributed by atoms with van der Waals surface area (Å²) in [5, 5.41) is 13.5. The van der Waals surface area contributed by atoms with E-state index in [1.165, 1.54) is 21.3 Å². The highest BCUT2D eigenvalue weighted by atomic mass is 32.2. The van der Waals surface area contributed by atoms with Crippen molar-refractivity contribution in [1.82, 2.24) is 14.5 Å². The average Bonchev–Trinajstić information content (AvgIpc) is 2.76. The quantitative estimate of drug-likeness (QED) is 0.429. The smallest absolute Gasteiger partial charge is 0.317 e. The van der Waals surface area contributed by atoms with Crippen LogP contribution in [0.4, 0.5) is 16.2 Å². The second kappa shape index (κ2) is 9.72. The lowest BCUT2D eigenvalue weighted by molar-refractivity contribution is -0.384. The minimum absolute atomic E-state index is 0.0476. The number of sulfonamides is 2. The van der Waals surface area contributed by atoms with Gasteiger partial charge in [-0.15, -0.1) is 0 Å². The Hall–Kier alpha value is -3.23. The monoisotopic (exact) mass is 497 g/mol. The predicted octanol–water partition coefficient (Wildman–Crippen LogP) is 1.18. The van der Waals surface area contributed by atoms with Crippen molar-refractivity contribution >= 4 is 37.5 Å². The topological polar surface area (TPSA) is 159 Å². The third kappa shape index (κ3) is 6.40. The van der Waals surface area contributed by atoms with Crippen LogP contribution in [0.15, 0.2) is 53.4 Å². The molecule has 3 rings (SSSR count). The number of carbonyl (C=O) groups is 1. The van der Waals surface area contributed by atoms with E-state index in [0.29, 0.717) is 11.3 Å². The molecule has 2 N–H and O–H groups in total. The molecule has 1 aliphatic rings. The van der Waals surface area contributed by atoms with E-state index in [4.69, 9.17) is 0 Å². The second-order valence-corrected chi connectivity index (χ2v) is 11.1. The molecule has 2 aromatic carbocycles. The molecule has 1 fully saturated rings. The van der Waals surface area contributed by atoms with Crippen LogP contribution in [-0.4, -0.2) is 69.4 Å². The number of amides is 2. The maximum Gasteiger partial charge on any atom is 0.317 e. The number of nitro groups is 1. The zero-order chi connectivity index (χ0) is 24.2. The van der Waals surface area contributed by atoms with Crippen LogP contribution in [0.1, 0.15) is 5.56 Å². The number of nitro benzene ring substituents is 1. The third-order valence-electron chi connectivity index (χ3n) is 4.89. The fourth-order valence-corrected chi connectivity index (χ4v) is 5.25. The summed E-state index contributed by atoms with van der Waals surface area (Å²) >= 11 is 0. The Morgan fingerprint density at radius 2 is 1.67 bits per heavy atom. The molecule has 0 atom stereocenters. The van der Waals surface area contributed by atoms with Gasteiger partial charge in [0.15, 0.2) is 0 Å². The van der Waals surface area contributed by atoms with E-state index in [-0.39, 0.29) is 49.3 Å². The number of piperazine rings is 1. The zero-order valence-electron chi connectivity index (χ0n) is 17.7. The molecule has 0 aromatic heterocycles. The number of benzene rings is 2. The molecule has 0 bridgehead atoms. The van der Waals surface area contributed by atoms with Gasteiger partial charge >= 0.3 is 6.03 Å². The summed E-state index contributed by atoms with van der Waals surface area (Å²) in [7, 11) is -7.25. The van der Waals surface area contributed by atoms with E-state index in [2.05, 4.69) is 10.0 Å². The van der Waals surface area contributed by atoms with Crippen molar-refractivity contribution in [2.24, 2.45) is 0 Å². The van der Waals surface area contributed by atoms with Crippen molar-refractivity contribution < 1.29 is 26.6 Å². The first-order chi connectivity index (χ1) is 15.5. The Labute approximate surface area is 191 Å². The van der Waals surface area contributed by atoms with Crippen molar-refractivity contribution in [3.05, 3.63) is 64.2 Å². The fraction of sp³-hybridized carbons (Fsp3) is 0.316. The number of hydrogen-bond donors (Lipinski definition) is 2. The van der Waals surface area contributed by atoms with Gasteiger partial charge in [0.05, 0.1) is 16.1 Å². The summed E-state index contributed by atoms with van der Waals surface area (Å²) < 4.78 is 51.9. The molecule has 0 spiro atoms. The number of hydrogen-bond acceptors (Lipinski definition) is 7. The first-order valence-corrected chi connectivity index (χ1v) is 13.1. The lowest BCUT2D eigenvalue weighted by Gasteiger charge is -2.34. The molecule has 12 nitrogen and oxygen atoms in total. The highest BCUT2D eigenvalue weighted by Crippen LogP contribution is 2.21. The maximum absolute atomic E-state index is 12.8. The van der Waals surface area contributed by atoms with E-state index in [1.54, 1.807) is 24.3 Å². The molecule has 178 valence electrons. The van der Waals surface area contributed by atoms with Crippen LogP contribution in [0.5, 0.6) is 0 Å². The van der Waals surface area contributed by atoms with Crippen LogP contribution in [-0.2, 0) is 26.6 Å². The van der Waals surface area contributed by atoms with Crippen LogP contribution in [0.3, 0.4) is 0 Å². The standard InChI is InChI=1S/C19H23N5O7S2/c1-32(28,29)21-16-4-2-3-15(13-16)14-20-19(25)22-9-11-23(12-10-22)33(30,31)18-7-5-17(6-8-18)24(26)27/h2-8,13,21H,9-12,14H2,1H3,(H,20,25). The van der Waals surface area contributed by atoms with Gasteiger partial charge in [-0.05, 0) is 29.8 Å². The summed E-state index contributed by atoms with van der Waals surface area (Å²) in [6, 6.07) is 10.9. The molecule has 33 heavy (non-hydrogen) atoms. The molecule has 0 unspecified atom stereocenters. The van der Waals surface area contributed by atoms with Gasteiger partial charge in [0.1, 0.15) is 0 Å². The third-order valence-corrected chi connectivity index (χ3v) is 7.40. The normalized spacial score (nSPS) is 15.1. The summed E-state index contributed by atoms with van der Waals surface area (Å²) in [5.74, 6) is 0. The molecule has 14 heteroatoms. The average molecular weight is 498 g/mol. The van der Waals surface area contributed by atoms with Crippen molar-refractivity contribution in [1.29, 1.82) is 0 Å². The number of nitrogens with one attached hydrogen (secondary N) is 2. The summed E-state index contributed by atoms with van der Waals surface area (Å²) in [6.45, 7) is 0.682. The molecule has 0 radical (unpaired) electrons. The molecular formula is C19H23N5O7S2. The number of urea groups is 1. The van der Waals surface area contributed by atoms with E-state index in [0.717, 1.165) is 18.4 Å². The van der Waals surface area contributed by atoms with E-state index in [9.17, 15) is 31.7 Å². The van der Waals surface area contributed by atoms with Gasteiger partial charge in [-0.3, -0.25) is 14.8 Å². The molecule has 1 saturated heterocycles. The fourth-order valence-electron chi connectivity index (χ4n) is 3.27. The molecule has 0 aliphatic carbocycles. The molecule has 2 aromatic rings. The first-order valence-electron chi connectivity index (χ1n) is 9.80. The minimum Gasteiger partial charge on any atom is -0.334 e. The number of anilines is 1. The molecule has 2 amide bonds. The zero-order valence-corrected chi connectivity index (χ0v) is 19.3. The van der Waals surface area contributed by atoms with Gasteiger partial charge in [-0.2, -0.15) is 4.31 Å². The van der Waals surface area contributed by atoms with Crippen LogP contribution in [0, 0.1) is 10.1 Å². The Morgan fingerprint density at radius 1 is 1.03 bits per heavy atom. The Kier molecular flexibility index (Phi) is 7.19. The summed E-state index contributed by atoms with van der Waals surface area (Å²) in [4.78, 5) is 24.1. The van der Waals surface area contributed by atoms with Crippen molar-refractivity contribution in [3.63, 3.8) is 0 Å². The van der Waals surface area contributed by atoms with E-state index >= 15 is 0 Å². The van der Waals surface area contributed by atoms with Crippen molar-refractivity contribution in [2.45, 2.75) is 11.4 Å². The van der Waals surface area contributed by atoms with Gasteiger partial charge in [0.2, 0.25) is 20.0 Å². The maximum atomic E-state index is 12.8. The Bertz CT molecular complexity index is 1240. The van der Waals surface area contributed by atoms with Gasteiger partial charge in [0.25, 0.3) is 5.69 Å². The van der Waals surface area contributed by atoms with Crippen LogP contribution in [0.2, 0.25) is 0 Å². The Balaban J connectivity index is 1.54. The minimum atomic E-state index is -3.83. The van der Waals surface area contributed by atoms with Crippen LogP contribution < -0.4 is 10.0 Å². The van der Waals surface area contributed by atoms with Crippen LogP contribution in [0.25, 0.3) is 0 Å². The molecular weight excluding hydrogens is 474 g/mol. The van der Waals surface area contributed by atoms with Crippen molar-refractivity contribution in [3.8, 4) is 0 Å². The second-order valence-electron chi connectivity index (χ2n) is 7.38. The SMILES string of the molecule is CS(=O)(=O)Nc1cccc(CNC(=O)N2CCN(S(=O)(=O)c3ccc([N+](=O)[O-])cc3)CC2)c1. The van der Waals surface area contributed by atoms with Crippen LogP contribution >= 0.6 is 0 Å². The Morgan fingerprint density at radius 3 is 2.24 bits per heavy atom. The number of non-ortho nitro benzene ring substituents is 1. The highest BCUT2D eigenvalue weighted by Gasteiger charge is 2.30. The highest BCUT2D eigenvalue weighted by molar-refractivity contribution is 7.92. The number of nitrogens with zero attached hydrogens (tertiary/aromatic N) is 3. The lowest BCUT2D eigenvalue weighted by Crippen LogP contribution is -2.52. The molecule has 1 aliphatic heterocycles.